The zero-order valence-electron chi connectivity index (χ0n) is 8.37. The van der Waals surface area contributed by atoms with Crippen LogP contribution in [-0.4, -0.2) is 9.97 Å². The first-order chi connectivity index (χ1) is 7.29. The maximum Gasteiger partial charge on any atom is 0.113 e. The molecule has 1 aromatic carbocycles. The van der Waals surface area contributed by atoms with E-state index in [4.69, 9.17) is 0 Å². The molecule has 1 heterocycles. The molecule has 3 heteroatoms. The van der Waals surface area contributed by atoms with Gasteiger partial charge in [-0.1, -0.05) is 35.0 Å². The van der Waals surface area contributed by atoms with Gasteiger partial charge < -0.3 is 0 Å². The lowest BCUT2D eigenvalue weighted by atomic mass is 10.2. The number of hydrogen-bond donors (Lipinski definition) is 0. The van der Waals surface area contributed by atoms with E-state index in [1.54, 1.807) is 6.20 Å². The van der Waals surface area contributed by atoms with Crippen LogP contribution in [0.1, 0.15) is 12.6 Å². The smallest absolute Gasteiger partial charge is 0.113 e. The van der Waals surface area contributed by atoms with Crippen LogP contribution < -0.4 is 0 Å². The highest BCUT2D eigenvalue weighted by atomic mass is 79.9. The molecule has 0 saturated heterocycles. The van der Waals surface area contributed by atoms with Crippen molar-refractivity contribution >= 4 is 15.9 Å². The second-order valence-corrected chi connectivity index (χ2v) is 4.09. The second kappa shape index (κ2) is 4.53. The van der Waals surface area contributed by atoms with Crippen molar-refractivity contribution in [2.24, 2.45) is 0 Å². The summed E-state index contributed by atoms with van der Waals surface area (Å²) in [6.45, 7) is 2.04. The maximum absolute atomic E-state index is 4.27. The van der Waals surface area contributed by atoms with Gasteiger partial charge in [-0.3, -0.25) is 4.98 Å². The van der Waals surface area contributed by atoms with Gasteiger partial charge in [0, 0.05) is 10.0 Å². The highest BCUT2D eigenvalue weighted by Crippen LogP contribution is 2.18. The third-order valence-corrected chi connectivity index (χ3v) is 2.65. The predicted octanol–water partition coefficient (Wildman–Crippen LogP) is 3.27. The van der Waals surface area contributed by atoms with Crippen molar-refractivity contribution < 1.29 is 0 Å². The van der Waals surface area contributed by atoms with Crippen LogP contribution in [0, 0.1) is 6.20 Å². The van der Waals surface area contributed by atoms with Gasteiger partial charge in [0.15, 0.2) is 0 Å². The van der Waals surface area contributed by atoms with Crippen LogP contribution in [0.2, 0.25) is 0 Å². The molecule has 0 amide bonds. The Kier molecular flexibility index (Phi) is 3.11. The summed E-state index contributed by atoms with van der Waals surface area (Å²) in [6, 6.07) is 8.00. The lowest BCUT2D eigenvalue weighted by molar-refractivity contribution is 0.996. The topological polar surface area (TPSA) is 25.8 Å². The van der Waals surface area contributed by atoms with Crippen LogP contribution >= 0.6 is 15.9 Å². The summed E-state index contributed by atoms with van der Waals surface area (Å²) in [6.07, 6.45) is 5.59. The first-order valence-electron chi connectivity index (χ1n) is 4.79. The monoisotopic (exact) mass is 261 g/mol. The molecule has 0 atom stereocenters. The van der Waals surface area contributed by atoms with Crippen LogP contribution in [0.15, 0.2) is 34.9 Å². The Bertz CT molecular complexity index is 434. The highest BCUT2D eigenvalue weighted by molar-refractivity contribution is 9.10. The molecule has 0 aliphatic carbocycles. The lowest BCUT2D eigenvalue weighted by Gasteiger charge is -2.00. The van der Waals surface area contributed by atoms with Crippen LogP contribution in [-0.2, 0) is 6.42 Å². The van der Waals surface area contributed by atoms with Gasteiger partial charge in [-0.2, -0.15) is 0 Å². The molecule has 0 saturated carbocycles. The molecule has 1 radical (unpaired) electrons. The van der Waals surface area contributed by atoms with Gasteiger partial charge in [0.2, 0.25) is 0 Å². The Balaban J connectivity index is 2.33. The quantitative estimate of drug-likeness (QED) is 0.830. The minimum Gasteiger partial charge on any atom is -0.257 e. The van der Waals surface area contributed by atoms with Crippen LogP contribution in [0.4, 0.5) is 0 Å². The van der Waals surface area contributed by atoms with E-state index in [-0.39, 0.29) is 0 Å². The van der Waals surface area contributed by atoms with E-state index in [2.05, 4.69) is 32.1 Å². The van der Waals surface area contributed by atoms with E-state index < -0.39 is 0 Å². The normalized spacial score (nSPS) is 10.3. The van der Waals surface area contributed by atoms with Crippen molar-refractivity contribution in [1.29, 1.82) is 0 Å². The van der Waals surface area contributed by atoms with Gasteiger partial charge in [-0.05, 0) is 18.6 Å². The predicted molar refractivity (Wildman–Crippen MR) is 63.4 cm³/mol. The average molecular weight is 262 g/mol. The van der Waals surface area contributed by atoms with Gasteiger partial charge in [0.1, 0.15) is 6.20 Å². The van der Waals surface area contributed by atoms with E-state index in [0.717, 1.165) is 27.8 Å². The third kappa shape index (κ3) is 2.42. The Morgan fingerprint density at radius 2 is 2.00 bits per heavy atom. The number of halogens is 1. The molecule has 0 aliphatic rings. The molecule has 0 N–H and O–H groups in total. The lowest BCUT2D eigenvalue weighted by Crippen LogP contribution is -1.91. The van der Waals surface area contributed by atoms with Crippen molar-refractivity contribution in [3.8, 4) is 11.3 Å². The number of hydrogen-bond acceptors (Lipinski definition) is 2. The molecule has 15 heavy (non-hydrogen) atoms. The molecular formula is C12H10BrN2. The van der Waals surface area contributed by atoms with E-state index in [1.807, 2.05) is 31.2 Å². The fraction of sp³-hybridized carbons (Fsp3) is 0.167. The van der Waals surface area contributed by atoms with Gasteiger partial charge in [0.05, 0.1) is 17.6 Å². The van der Waals surface area contributed by atoms with Crippen molar-refractivity contribution in [3.63, 3.8) is 0 Å². The fourth-order valence-corrected chi connectivity index (χ4v) is 1.52. The van der Waals surface area contributed by atoms with Crippen LogP contribution in [0.3, 0.4) is 0 Å². The minimum absolute atomic E-state index is 0.861. The Morgan fingerprint density at radius 1 is 1.27 bits per heavy atom. The van der Waals surface area contributed by atoms with Gasteiger partial charge >= 0.3 is 0 Å². The molecule has 0 unspecified atom stereocenters. The van der Waals surface area contributed by atoms with Gasteiger partial charge in [0.25, 0.3) is 0 Å². The first kappa shape index (κ1) is 10.3. The Hall–Kier alpha value is -1.22. The fourth-order valence-electron chi connectivity index (χ4n) is 1.25. The second-order valence-electron chi connectivity index (χ2n) is 3.17. The van der Waals surface area contributed by atoms with E-state index in [9.17, 15) is 0 Å². The summed E-state index contributed by atoms with van der Waals surface area (Å²) in [5.41, 5.74) is 2.82. The van der Waals surface area contributed by atoms with E-state index in [1.165, 1.54) is 0 Å². The molecule has 75 valence electrons. The molecule has 2 aromatic rings. The van der Waals surface area contributed by atoms with Crippen LogP contribution in [0.25, 0.3) is 11.3 Å². The number of aromatic nitrogens is 2. The van der Waals surface area contributed by atoms with E-state index in [0.29, 0.717) is 0 Å². The summed E-state index contributed by atoms with van der Waals surface area (Å²) < 4.78 is 1.06. The highest BCUT2D eigenvalue weighted by Gasteiger charge is 2.00. The molecule has 2 nitrogen and oxygen atoms in total. The van der Waals surface area contributed by atoms with Crippen LogP contribution in [0.5, 0.6) is 0 Å². The van der Waals surface area contributed by atoms with Crippen molar-refractivity contribution in [2.75, 3.05) is 0 Å². The van der Waals surface area contributed by atoms with Crippen molar-refractivity contribution in [2.45, 2.75) is 13.3 Å². The molecule has 2 rings (SSSR count). The summed E-state index contributed by atoms with van der Waals surface area (Å²) in [5.74, 6) is 0. The molecular weight excluding hydrogens is 252 g/mol. The Morgan fingerprint density at radius 3 is 2.53 bits per heavy atom. The summed E-state index contributed by atoms with van der Waals surface area (Å²) >= 11 is 3.40. The summed E-state index contributed by atoms with van der Waals surface area (Å²) in [4.78, 5) is 8.51. The molecule has 0 bridgehead atoms. The number of nitrogens with zero attached hydrogens (tertiary/aromatic N) is 2. The Labute approximate surface area is 97.5 Å². The van der Waals surface area contributed by atoms with Crippen molar-refractivity contribution in [3.05, 3.63) is 46.8 Å². The number of benzene rings is 1. The standard InChI is InChI=1S/C12H10BrN2/c1-2-11-7-15-12(8-14-11)9-3-5-10(13)6-4-9/h3-6,8H,2H2,1H3. The zero-order valence-corrected chi connectivity index (χ0v) is 9.95. The SMILES string of the molecule is CCc1[c]nc(-c2ccc(Br)cc2)cn1. The summed E-state index contributed by atoms with van der Waals surface area (Å²) in [5, 5.41) is 0. The largest absolute Gasteiger partial charge is 0.257 e. The number of aryl methyl sites for hydroxylation is 1. The first-order valence-corrected chi connectivity index (χ1v) is 5.58. The van der Waals surface area contributed by atoms with Gasteiger partial charge in [-0.15, -0.1) is 0 Å². The number of rotatable bonds is 2. The van der Waals surface area contributed by atoms with E-state index >= 15 is 0 Å². The molecule has 0 aliphatic heterocycles. The minimum atomic E-state index is 0.861. The zero-order chi connectivity index (χ0) is 10.7. The molecule has 1 aromatic heterocycles. The van der Waals surface area contributed by atoms with Gasteiger partial charge in [-0.25, -0.2) is 4.98 Å². The summed E-state index contributed by atoms with van der Waals surface area (Å²) in [7, 11) is 0. The van der Waals surface area contributed by atoms with Crippen molar-refractivity contribution in [1.82, 2.24) is 9.97 Å². The molecule has 0 spiro atoms. The maximum atomic E-state index is 4.27. The third-order valence-electron chi connectivity index (χ3n) is 2.12. The average Bonchev–Trinajstić information content (AvgIpc) is 2.30. The molecule has 0 fully saturated rings.